The third-order valence-corrected chi connectivity index (χ3v) is 10.9. The van der Waals surface area contributed by atoms with Crippen molar-refractivity contribution in [1.29, 1.82) is 0 Å². The second-order valence-corrected chi connectivity index (χ2v) is 13.9. The van der Waals surface area contributed by atoms with Gasteiger partial charge >= 0.3 is 0 Å². The van der Waals surface area contributed by atoms with Gasteiger partial charge < -0.3 is 9.32 Å². The molecule has 0 aliphatic heterocycles. The molecule has 0 aliphatic rings. The van der Waals surface area contributed by atoms with Crippen LogP contribution in [0, 0.1) is 0 Å². The SMILES string of the molecule is c1ccc2c(c1)cc(-c1ccc(N(c3ccc(-c4cc5ccccc5c5ccccc45)cc3)c3ccc4c(c3)oc3cccnc34)cc1)c1ccccc12. The summed E-state index contributed by atoms with van der Waals surface area (Å²) in [6.07, 6.45) is 1.82. The van der Waals surface area contributed by atoms with E-state index >= 15 is 0 Å². The Bertz CT molecular complexity index is 3050. The lowest BCUT2D eigenvalue weighted by atomic mass is 9.93. The van der Waals surface area contributed by atoms with Crippen molar-refractivity contribution in [2.24, 2.45) is 0 Å². The maximum Gasteiger partial charge on any atom is 0.153 e. The van der Waals surface area contributed by atoms with Crippen molar-refractivity contribution in [2.75, 3.05) is 4.90 Å². The summed E-state index contributed by atoms with van der Waals surface area (Å²) >= 11 is 0. The number of rotatable bonds is 5. The second-order valence-electron chi connectivity index (χ2n) is 13.9. The highest BCUT2D eigenvalue weighted by atomic mass is 16.3. The summed E-state index contributed by atoms with van der Waals surface area (Å²) in [4.78, 5) is 6.92. The van der Waals surface area contributed by atoms with E-state index in [2.05, 4.69) is 186 Å². The molecule has 0 amide bonds. The van der Waals surface area contributed by atoms with E-state index < -0.39 is 0 Å². The summed E-state index contributed by atoms with van der Waals surface area (Å²) in [7, 11) is 0. The number of hydrogen-bond acceptors (Lipinski definition) is 3. The zero-order valence-corrected chi connectivity index (χ0v) is 29.3. The Hall–Kier alpha value is -7.23. The Morgan fingerprint density at radius 3 is 1.39 bits per heavy atom. The van der Waals surface area contributed by atoms with Crippen LogP contribution >= 0.6 is 0 Å². The van der Waals surface area contributed by atoms with Crippen molar-refractivity contribution >= 4 is 82.2 Å². The molecule has 11 rings (SSSR count). The predicted octanol–water partition coefficient (Wildman–Crippen LogP) is 14.4. The highest BCUT2D eigenvalue weighted by Crippen LogP contribution is 2.42. The molecule has 0 unspecified atom stereocenters. The van der Waals surface area contributed by atoms with Crippen molar-refractivity contribution < 1.29 is 4.42 Å². The van der Waals surface area contributed by atoms with Gasteiger partial charge in [-0.2, -0.15) is 0 Å². The lowest BCUT2D eigenvalue weighted by Crippen LogP contribution is -2.09. The first-order chi connectivity index (χ1) is 26.8. The van der Waals surface area contributed by atoms with Crippen molar-refractivity contribution in [3.63, 3.8) is 0 Å². The molecule has 54 heavy (non-hydrogen) atoms. The zero-order chi connectivity index (χ0) is 35.6. The van der Waals surface area contributed by atoms with Gasteiger partial charge in [0, 0.05) is 34.7 Å². The van der Waals surface area contributed by atoms with E-state index in [1.807, 2.05) is 18.3 Å². The van der Waals surface area contributed by atoms with Gasteiger partial charge in [-0.25, -0.2) is 0 Å². The van der Waals surface area contributed by atoms with Crippen LogP contribution < -0.4 is 4.90 Å². The lowest BCUT2D eigenvalue weighted by Gasteiger charge is -2.26. The predicted molar refractivity (Wildman–Crippen MR) is 227 cm³/mol. The Balaban J connectivity index is 1.05. The zero-order valence-electron chi connectivity index (χ0n) is 29.3. The quantitative estimate of drug-likeness (QED) is 0.169. The molecule has 0 atom stereocenters. The van der Waals surface area contributed by atoms with Gasteiger partial charge in [0.15, 0.2) is 5.58 Å². The summed E-state index contributed by atoms with van der Waals surface area (Å²) < 4.78 is 6.33. The average molecular weight is 689 g/mol. The molecule has 0 saturated heterocycles. The molecule has 2 heterocycles. The fourth-order valence-electron chi connectivity index (χ4n) is 8.34. The van der Waals surface area contributed by atoms with Crippen molar-refractivity contribution in [2.45, 2.75) is 0 Å². The molecular weight excluding hydrogens is 657 g/mol. The maximum absolute atomic E-state index is 6.33. The van der Waals surface area contributed by atoms with Gasteiger partial charge in [-0.1, -0.05) is 121 Å². The smallest absolute Gasteiger partial charge is 0.153 e. The molecule has 3 nitrogen and oxygen atoms in total. The standard InChI is InChI=1S/C51H32N2O/c1-3-12-40-35(10-1)30-47(44-16-7-5-14-42(40)44)33-19-23-37(24-20-33)53(39-27-28-46-50(32-39)54-49-18-9-29-52-51(46)49)38-25-21-34(22-26-38)48-31-36-11-2-4-13-41(36)43-15-6-8-17-45(43)48/h1-32H. The number of hydrogen-bond donors (Lipinski definition) is 0. The maximum atomic E-state index is 6.33. The first kappa shape index (κ1) is 30.4. The first-order valence-electron chi connectivity index (χ1n) is 18.4. The van der Waals surface area contributed by atoms with Crippen LogP contribution in [0.15, 0.2) is 199 Å². The average Bonchev–Trinajstić information content (AvgIpc) is 3.62. The highest BCUT2D eigenvalue weighted by Gasteiger charge is 2.18. The van der Waals surface area contributed by atoms with Crippen LogP contribution in [0.1, 0.15) is 0 Å². The van der Waals surface area contributed by atoms with Crippen LogP contribution in [-0.2, 0) is 0 Å². The fraction of sp³-hybridized carbons (Fsp3) is 0. The number of nitrogens with zero attached hydrogens (tertiary/aromatic N) is 2. The van der Waals surface area contributed by atoms with Crippen molar-refractivity contribution in [3.8, 4) is 22.3 Å². The van der Waals surface area contributed by atoms with Crippen LogP contribution in [0.5, 0.6) is 0 Å². The molecule has 0 radical (unpaired) electrons. The van der Waals surface area contributed by atoms with Gasteiger partial charge in [0.1, 0.15) is 11.1 Å². The van der Waals surface area contributed by atoms with Crippen LogP contribution in [0.25, 0.3) is 87.4 Å². The minimum absolute atomic E-state index is 0.787. The summed E-state index contributed by atoms with van der Waals surface area (Å²) in [5, 5.41) is 11.1. The Labute approximate surface area is 312 Å². The molecule has 252 valence electrons. The third-order valence-electron chi connectivity index (χ3n) is 10.9. The summed E-state index contributed by atoms with van der Waals surface area (Å²) in [6.45, 7) is 0. The van der Waals surface area contributed by atoms with Crippen molar-refractivity contribution in [1.82, 2.24) is 4.98 Å². The number of pyridine rings is 1. The molecule has 2 aromatic heterocycles. The normalized spacial score (nSPS) is 11.7. The summed E-state index contributed by atoms with van der Waals surface area (Å²) in [5.41, 5.74) is 10.4. The Kier molecular flexibility index (Phi) is 6.86. The molecule has 0 aliphatic carbocycles. The van der Waals surface area contributed by atoms with Gasteiger partial charge in [-0.3, -0.25) is 4.98 Å². The van der Waals surface area contributed by atoms with Crippen LogP contribution in [0.3, 0.4) is 0 Å². The van der Waals surface area contributed by atoms with Crippen LogP contribution in [0.2, 0.25) is 0 Å². The largest absolute Gasteiger partial charge is 0.454 e. The number of benzene rings is 9. The first-order valence-corrected chi connectivity index (χ1v) is 18.4. The van der Waals surface area contributed by atoms with Crippen molar-refractivity contribution in [3.05, 3.63) is 194 Å². The van der Waals surface area contributed by atoms with E-state index in [1.165, 1.54) is 65.3 Å². The molecular formula is C51H32N2O. The van der Waals surface area contributed by atoms with Crippen LogP contribution in [0.4, 0.5) is 17.1 Å². The third kappa shape index (κ3) is 4.87. The molecule has 0 fully saturated rings. The lowest BCUT2D eigenvalue weighted by molar-refractivity contribution is 0.668. The summed E-state index contributed by atoms with van der Waals surface area (Å²) in [6, 6.07) is 67.6. The second kappa shape index (κ2) is 12.2. The van der Waals surface area contributed by atoms with Crippen LogP contribution in [-0.4, -0.2) is 4.98 Å². The topological polar surface area (TPSA) is 29.3 Å². The number of fused-ring (bicyclic) bond motifs is 9. The number of furan rings is 1. The minimum Gasteiger partial charge on any atom is -0.454 e. The van der Waals surface area contributed by atoms with Gasteiger partial charge in [-0.15, -0.1) is 0 Å². The van der Waals surface area contributed by atoms with Gasteiger partial charge in [0.05, 0.1) is 0 Å². The van der Waals surface area contributed by atoms with E-state index in [0.717, 1.165) is 39.1 Å². The monoisotopic (exact) mass is 688 g/mol. The molecule has 0 N–H and O–H groups in total. The van der Waals surface area contributed by atoms with E-state index in [4.69, 9.17) is 4.42 Å². The molecule has 9 aromatic carbocycles. The number of anilines is 3. The molecule has 0 saturated carbocycles. The Morgan fingerprint density at radius 2 is 0.833 bits per heavy atom. The Morgan fingerprint density at radius 1 is 0.352 bits per heavy atom. The van der Waals surface area contributed by atoms with E-state index in [1.54, 1.807) is 0 Å². The highest BCUT2D eigenvalue weighted by molar-refractivity contribution is 6.15. The van der Waals surface area contributed by atoms with E-state index in [9.17, 15) is 0 Å². The van der Waals surface area contributed by atoms with Gasteiger partial charge in [0.2, 0.25) is 0 Å². The molecule has 0 bridgehead atoms. The summed E-state index contributed by atoms with van der Waals surface area (Å²) in [5.74, 6) is 0. The number of aromatic nitrogens is 1. The minimum atomic E-state index is 0.787. The van der Waals surface area contributed by atoms with E-state index in [0.29, 0.717) is 0 Å². The molecule has 3 heteroatoms. The van der Waals surface area contributed by atoms with Gasteiger partial charge in [0.25, 0.3) is 0 Å². The van der Waals surface area contributed by atoms with Gasteiger partial charge in [-0.05, 0) is 126 Å². The molecule has 11 aromatic rings. The van der Waals surface area contributed by atoms with E-state index in [-0.39, 0.29) is 0 Å². The molecule has 0 spiro atoms. The fourth-order valence-corrected chi connectivity index (χ4v) is 8.34.